The number of thioether (sulfide) groups is 1. The van der Waals surface area contributed by atoms with Gasteiger partial charge in [-0.1, -0.05) is 11.8 Å². The maximum atomic E-state index is 11.7. The van der Waals surface area contributed by atoms with Crippen LogP contribution in [0.1, 0.15) is 11.5 Å². The van der Waals surface area contributed by atoms with Gasteiger partial charge in [0.15, 0.2) is 4.34 Å². The third-order valence-corrected chi connectivity index (χ3v) is 4.56. The van der Waals surface area contributed by atoms with Crippen LogP contribution in [-0.4, -0.2) is 33.2 Å². The molecule has 0 aliphatic heterocycles. The van der Waals surface area contributed by atoms with Crippen LogP contribution < -0.4 is 16.6 Å². The Balaban J connectivity index is 1.72. The van der Waals surface area contributed by atoms with Crippen molar-refractivity contribution in [1.82, 2.24) is 20.3 Å². The van der Waals surface area contributed by atoms with Crippen molar-refractivity contribution in [2.24, 2.45) is 0 Å². The lowest BCUT2D eigenvalue weighted by molar-refractivity contribution is -0.118. The first-order valence-corrected chi connectivity index (χ1v) is 8.07. The van der Waals surface area contributed by atoms with Crippen molar-refractivity contribution in [3.63, 3.8) is 0 Å². The summed E-state index contributed by atoms with van der Waals surface area (Å²) < 4.78 is 0.879. The van der Waals surface area contributed by atoms with Crippen LogP contribution in [-0.2, 0) is 11.2 Å². The molecule has 0 saturated heterocycles. The number of nitrogens with two attached hydrogens (primary N) is 1. The molecule has 7 nitrogen and oxygen atoms in total. The number of hydrogen-bond acceptors (Lipinski definition) is 7. The quantitative estimate of drug-likeness (QED) is 0.669. The highest BCUT2D eigenvalue weighted by Gasteiger charge is 2.06. The molecule has 0 atom stereocenters. The molecule has 0 aromatic carbocycles. The second-order valence-electron chi connectivity index (χ2n) is 4.26. The van der Waals surface area contributed by atoms with Crippen molar-refractivity contribution in [3.05, 3.63) is 33.3 Å². The summed E-state index contributed by atoms with van der Waals surface area (Å²) in [5, 5.41) is 4.71. The first-order valence-electron chi connectivity index (χ1n) is 6.20. The van der Waals surface area contributed by atoms with Crippen molar-refractivity contribution in [2.75, 3.05) is 18.0 Å². The fourth-order valence-corrected chi connectivity index (χ4v) is 3.22. The molecule has 1 amide bonds. The number of rotatable bonds is 6. The zero-order valence-corrected chi connectivity index (χ0v) is 13.0. The highest BCUT2D eigenvalue weighted by atomic mass is 32.2. The van der Waals surface area contributed by atoms with Crippen LogP contribution in [0.25, 0.3) is 0 Å². The van der Waals surface area contributed by atoms with Gasteiger partial charge in [0.25, 0.3) is 5.56 Å². The minimum Gasteiger partial charge on any atom is -0.383 e. The predicted octanol–water partition coefficient (Wildman–Crippen LogP) is 0.568. The summed E-state index contributed by atoms with van der Waals surface area (Å²) in [5.41, 5.74) is 6.14. The van der Waals surface area contributed by atoms with Gasteiger partial charge in [-0.05, 0) is 6.92 Å². The fraction of sp³-hybridized carbons (Fsp3) is 0.333. The highest BCUT2D eigenvalue weighted by Crippen LogP contribution is 2.21. The Labute approximate surface area is 129 Å². The molecule has 2 aromatic heterocycles. The molecule has 0 aliphatic rings. The summed E-state index contributed by atoms with van der Waals surface area (Å²) in [7, 11) is 0. The van der Waals surface area contributed by atoms with Crippen LogP contribution >= 0.6 is 23.1 Å². The van der Waals surface area contributed by atoms with Crippen LogP contribution in [0.3, 0.4) is 0 Å². The number of nitrogens with one attached hydrogen (secondary N) is 2. The Bertz CT molecular complexity index is 682. The average molecular weight is 325 g/mol. The minimum absolute atomic E-state index is 0.0842. The summed E-state index contributed by atoms with van der Waals surface area (Å²) in [6.07, 6.45) is 0.424. The molecule has 112 valence electrons. The number of carbonyl (C=O) groups is 1. The van der Waals surface area contributed by atoms with Crippen LogP contribution in [0.2, 0.25) is 0 Å². The van der Waals surface area contributed by atoms with Gasteiger partial charge < -0.3 is 16.0 Å². The van der Waals surface area contributed by atoms with Gasteiger partial charge in [0.2, 0.25) is 5.91 Å². The van der Waals surface area contributed by atoms with Crippen molar-refractivity contribution in [1.29, 1.82) is 0 Å². The average Bonchev–Trinajstić information content (AvgIpc) is 2.81. The number of nitrogen functional groups attached to an aromatic ring is 1. The smallest absolute Gasteiger partial charge is 0.252 e. The van der Waals surface area contributed by atoms with Gasteiger partial charge in [-0.25, -0.2) is 9.97 Å². The molecule has 0 radical (unpaired) electrons. The second-order valence-corrected chi connectivity index (χ2v) is 6.34. The molecular formula is C12H15N5O2S2. The number of aromatic nitrogens is 3. The van der Waals surface area contributed by atoms with Gasteiger partial charge in [-0.15, -0.1) is 11.3 Å². The molecule has 0 fully saturated rings. The lowest BCUT2D eigenvalue weighted by Crippen LogP contribution is -2.28. The Morgan fingerprint density at radius 3 is 3.00 bits per heavy atom. The minimum atomic E-state index is -0.293. The highest BCUT2D eigenvalue weighted by molar-refractivity contribution is 8.01. The number of aryl methyl sites for hydroxylation is 1. The maximum Gasteiger partial charge on any atom is 0.252 e. The van der Waals surface area contributed by atoms with Crippen LogP contribution in [0.5, 0.6) is 0 Å². The van der Waals surface area contributed by atoms with Gasteiger partial charge in [0.05, 0.1) is 5.75 Å². The number of H-pyrrole nitrogens is 1. The molecule has 2 rings (SSSR count). The van der Waals surface area contributed by atoms with Crippen LogP contribution in [0.4, 0.5) is 5.82 Å². The maximum absolute atomic E-state index is 11.7. The molecule has 0 spiro atoms. The standard InChI is InChI=1S/C12H15N5O2S2/c1-7-5-20-12(15-7)21-6-11(19)14-3-2-9-16-8(13)4-10(18)17-9/h4-5H,2-3,6H2,1H3,(H,14,19)(H3,13,16,17,18). The number of thiazole rings is 1. The SMILES string of the molecule is Cc1csc(SCC(=O)NCCc2nc(N)cc(=O)[nH]2)n1. The summed E-state index contributed by atoms with van der Waals surface area (Å²) in [6.45, 7) is 2.31. The number of anilines is 1. The largest absolute Gasteiger partial charge is 0.383 e. The van der Waals surface area contributed by atoms with Crippen LogP contribution in [0, 0.1) is 6.92 Å². The third kappa shape index (κ3) is 5.20. The second kappa shape index (κ2) is 7.23. The van der Waals surface area contributed by atoms with E-state index in [9.17, 15) is 9.59 Å². The van der Waals surface area contributed by atoms with E-state index in [0.717, 1.165) is 10.0 Å². The van der Waals surface area contributed by atoms with Crippen molar-refractivity contribution in [2.45, 2.75) is 17.7 Å². The summed E-state index contributed by atoms with van der Waals surface area (Å²) in [4.78, 5) is 33.7. The topological polar surface area (TPSA) is 114 Å². The summed E-state index contributed by atoms with van der Waals surface area (Å²) in [6, 6.07) is 1.22. The Hall–Kier alpha value is -1.87. The van der Waals surface area contributed by atoms with E-state index in [4.69, 9.17) is 5.73 Å². The predicted molar refractivity (Wildman–Crippen MR) is 83.6 cm³/mol. The fourth-order valence-electron chi connectivity index (χ4n) is 1.54. The zero-order valence-electron chi connectivity index (χ0n) is 11.4. The van der Waals surface area contributed by atoms with Crippen molar-refractivity contribution >= 4 is 34.8 Å². The van der Waals surface area contributed by atoms with E-state index in [-0.39, 0.29) is 17.3 Å². The van der Waals surface area contributed by atoms with E-state index >= 15 is 0 Å². The first kappa shape index (κ1) is 15.5. The van der Waals surface area contributed by atoms with E-state index in [0.29, 0.717) is 24.5 Å². The van der Waals surface area contributed by atoms with Gasteiger partial charge in [-0.3, -0.25) is 9.59 Å². The Morgan fingerprint density at radius 1 is 1.52 bits per heavy atom. The number of hydrogen-bond donors (Lipinski definition) is 3. The molecule has 9 heteroatoms. The summed E-state index contributed by atoms with van der Waals surface area (Å²) in [5.74, 6) is 0.866. The Morgan fingerprint density at radius 2 is 2.33 bits per heavy atom. The molecule has 2 aromatic rings. The van der Waals surface area contributed by atoms with E-state index in [1.807, 2.05) is 12.3 Å². The molecular weight excluding hydrogens is 310 g/mol. The van der Waals surface area contributed by atoms with E-state index in [1.54, 1.807) is 0 Å². The number of carbonyl (C=O) groups excluding carboxylic acids is 1. The summed E-state index contributed by atoms with van der Waals surface area (Å²) >= 11 is 2.93. The third-order valence-electron chi connectivity index (χ3n) is 2.42. The van der Waals surface area contributed by atoms with Crippen molar-refractivity contribution in [3.8, 4) is 0 Å². The first-order chi connectivity index (χ1) is 10.0. The molecule has 0 saturated carbocycles. The number of aromatic amines is 1. The molecule has 4 N–H and O–H groups in total. The lowest BCUT2D eigenvalue weighted by atomic mass is 10.4. The van der Waals surface area contributed by atoms with Gasteiger partial charge in [0, 0.05) is 30.1 Å². The molecule has 0 unspecified atom stereocenters. The number of amides is 1. The zero-order chi connectivity index (χ0) is 15.2. The lowest BCUT2D eigenvalue weighted by Gasteiger charge is -2.04. The van der Waals surface area contributed by atoms with Gasteiger partial charge in [0.1, 0.15) is 11.6 Å². The monoisotopic (exact) mass is 325 g/mol. The Kier molecular flexibility index (Phi) is 5.34. The molecule has 0 bridgehead atoms. The van der Waals surface area contributed by atoms with Crippen molar-refractivity contribution < 1.29 is 4.79 Å². The van der Waals surface area contributed by atoms with E-state index in [2.05, 4.69) is 20.3 Å². The van der Waals surface area contributed by atoms with Gasteiger partial charge >= 0.3 is 0 Å². The number of nitrogens with zero attached hydrogens (tertiary/aromatic N) is 2. The van der Waals surface area contributed by atoms with Crippen LogP contribution in [0.15, 0.2) is 20.6 Å². The molecule has 2 heterocycles. The molecule has 0 aliphatic carbocycles. The molecule has 21 heavy (non-hydrogen) atoms. The van der Waals surface area contributed by atoms with E-state index in [1.165, 1.54) is 29.2 Å². The normalized spacial score (nSPS) is 10.5. The van der Waals surface area contributed by atoms with Gasteiger partial charge in [-0.2, -0.15) is 0 Å². The van der Waals surface area contributed by atoms with E-state index < -0.39 is 0 Å².